The summed E-state index contributed by atoms with van der Waals surface area (Å²) in [5, 5.41) is 11.8. The largest absolute Gasteiger partial charge is 0.493 e. The second kappa shape index (κ2) is 11.7. The van der Waals surface area contributed by atoms with E-state index in [0.29, 0.717) is 20.6 Å². The molecule has 4 rings (SSSR count). The van der Waals surface area contributed by atoms with Crippen molar-refractivity contribution in [2.45, 2.75) is 6.61 Å². The molecule has 1 aliphatic heterocycles. The third-order valence-corrected chi connectivity index (χ3v) is 7.32. The minimum absolute atomic E-state index is 0.117. The van der Waals surface area contributed by atoms with Gasteiger partial charge in [0, 0.05) is 0 Å². The highest BCUT2D eigenvalue weighted by atomic mass is 127. The zero-order valence-electron chi connectivity index (χ0n) is 19.5. The number of thiocarbonyl (C=S) groups is 1. The number of hydrogen-bond acceptors (Lipinski definition) is 6. The minimum Gasteiger partial charge on any atom is -0.493 e. The Morgan fingerprint density at radius 3 is 2.53 bits per heavy atom. The Balaban J connectivity index is 1.63. The number of carbonyl (C=O) groups is 3. The predicted molar refractivity (Wildman–Crippen MR) is 156 cm³/mol. The van der Waals surface area contributed by atoms with Crippen LogP contribution in [0.2, 0.25) is 10.0 Å². The Bertz CT molecular complexity index is 1510. The van der Waals surface area contributed by atoms with Crippen LogP contribution in [0.3, 0.4) is 0 Å². The van der Waals surface area contributed by atoms with Gasteiger partial charge < -0.3 is 14.6 Å². The lowest BCUT2D eigenvalue weighted by atomic mass is 10.1. The van der Waals surface area contributed by atoms with Crippen molar-refractivity contribution in [3.8, 4) is 11.5 Å². The summed E-state index contributed by atoms with van der Waals surface area (Å²) in [4.78, 5) is 38.2. The van der Waals surface area contributed by atoms with E-state index in [1.54, 1.807) is 42.5 Å². The van der Waals surface area contributed by atoms with Crippen molar-refractivity contribution in [2.24, 2.45) is 0 Å². The molecule has 0 saturated carbocycles. The van der Waals surface area contributed by atoms with Gasteiger partial charge in [0.05, 0.1) is 32.0 Å². The van der Waals surface area contributed by atoms with Gasteiger partial charge in [-0.05, 0) is 88.4 Å². The van der Waals surface area contributed by atoms with Crippen molar-refractivity contribution in [1.29, 1.82) is 0 Å². The number of aromatic carboxylic acids is 1. The number of halogens is 3. The molecule has 38 heavy (non-hydrogen) atoms. The van der Waals surface area contributed by atoms with E-state index in [0.717, 1.165) is 10.5 Å². The highest BCUT2D eigenvalue weighted by molar-refractivity contribution is 14.1. The molecule has 0 spiro atoms. The standard InChI is InChI=1S/C26H17Cl2IN2O6S/c1-36-20-11-14(10-18(29)22(20)37-12-13-5-7-15(8-6-13)25(34)35)9-16-23(32)30-26(38)31(24(16)33)19-4-2-3-17(27)21(19)28/h2-11H,12H2,1H3,(H,34,35)(H,30,32,38)/b16-9+. The molecule has 8 nitrogen and oxygen atoms in total. The maximum absolute atomic E-state index is 13.4. The van der Waals surface area contributed by atoms with E-state index in [1.165, 1.54) is 25.3 Å². The average molecular weight is 683 g/mol. The van der Waals surface area contributed by atoms with Crippen LogP contribution in [0.15, 0.2) is 60.2 Å². The fourth-order valence-corrected chi connectivity index (χ4v) is 5.01. The van der Waals surface area contributed by atoms with Crippen LogP contribution in [0, 0.1) is 3.57 Å². The molecule has 0 atom stereocenters. The molecule has 194 valence electrons. The molecule has 12 heteroatoms. The molecule has 3 aromatic rings. The van der Waals surface area contributed by atoms with Crippen molar-refractivity contribution in [2.75, 3.05) is 12.0 Å². The summed E-state index contributed by atoms with van der Waals surface area (Å²) in [7, 11) is 1.47. The fraction of sp³-hybridized carbons (Fsp3) is 0.0769. The SMILES string of the molecule is COc1cc(/C=C2\C(=O)NC(=S)N(c3cccc(Cl)c3Cl)C2=O)cc(I)c1OCc1ccc(C(=O)O)cc1. The Morgan fingerprint density at radius 1 is 1.16 bits per heavy atom. The fourth-order valence-electron chi connectivity index (χ4n) is 3.57. The van der Waals surface area contributed by atoms with Crippen LogP contribution in [-0.2, 0) is 16.2 Å². The molecule has 1 heterocycles. The molecule has 1 aliphatic rings. The molecule has 0 aromatic heterocycles. The van der Waals surface area contributed by atoms with E-state index in [9.17, 15) is 14.4 Å². The van der Waals surface area contributed by atoms with Crippen LogP contribution in [0.1, 0.15) is 21.5 Å². The summed E-state index contributed by atoms with van der Waals surface area (Å²) < 4.78 is 12.1. The zero-order valence-corrected chi connectivity index (χ0v) is 23.9. The lowest BCUT2D eigenvalue weighted by molar-refractivity contribution is -0.122. The molecular weight excluding hydrogens is 666 g/mol. The van der Waals surface area contributed by atoms with E-state index in [2.05, 4.69) is 27.9 Å². The highest BCUT2D eigenvalue weighted by Gasteiger charge is 2.35. The van der Waals surface area contributed by atoms with Crippen molar-refractivity contribution >= 4 is 92.7 Å². The third-order valence-electron chi connectivity index (χ3n) is 5.42. The highest BCUT2D eigenvalue weighted by Crippen LogP contribution is 2.37. The van der Waals surface area contributed by atoms with Crippen LogP contribution in [0.25, 0.3) is 6.08 Å². The molecule has 2 N–H and O–H groups in total. The molecule has 0 bridgehead atoms. The Kier molecular flexibility index (Phi) is 8.56. The van der Waals surface area contributed by atoms with Gasteiger partial charge in [-0.15, -0.1) is 0 Å². The summed E-state index contributed by atoms with van der Waals surface area (Å²) in [6.07, 6.45) is 1.42. The van der Waals surface area contributed by atoms with Crippen molar-refractivity contribution < 1.29 is 29.0 Å². The second-order valence-electron chi connectivity index (χ2n) is 7.86. The van der Waals surface area contributed by atoms with E-state index < -0.39 is 17.8 Å². The van der Waals surface area contributed by atoms with Gasteiger partial charge >= 0.3 is 5.97 Å². The molecule has 1 saturated heterocycles. The quantitative estimate of drug-likeness (QED) is 0.142. The van der Waals surface area contributed by atoms with Crippen molar-refractivity contribution in [1.82, 2.24) is 5.32 Å². The zero-order chi connectivity index (χ0) is 27.6. The number of nitrogens with one attached hydrogen (secondary N) is 1. The number of amides is 2. The number of anilines is 1. The number of rotatable bonds is 7. The number of ether oxygens (including phenoxy) is 2. The maximum Gasteiger partial charge on any atom is 0.335 e. The van der Waals surface area contributed by atoms with Crippen LogP contribution in [0.5, 0.6) is 11.5 Å². The first kappa shape index (κ1) is 27.8. The van der Waals surface area contributed by atoms with Crippen LogP contribution >= 0.6 is 58.0 Å². The van der Waals surface area contributed by atoms with E-state index in [4.69, 9.17) is 50.0 Å². The van der Waals surface area contributed by atoms with E-state index >= 15 is 0 Å². The Morgan fingerprint density at radius 2 is 1.87 bits per heavy atom. The van der Waals surface area contributed by atoms with E-state index in [-0.39, 0.29) is 38.6 Å². The smallest absolute Gasteiger partial charge is 0.335 e. The number of benzene rings is 3. The number of methoxy groups -OCH3 is 1. The summed E-state index contributed by atoms with van der Waals surface area (Å²) >= 11 is 19.7. The predicted octanol–water partition coefficient (Wildman–Crippen LogP) is 5.72. The van der Waals surface area contributed by atoms with Crippen LogP contribution < -0.4 is 19.7 Å². The monoisotopic (exact) mass is 682 g/mol. The number of carbonyl (C=O) groups excluding carboxylic acids is 2. The Labute approximate surface area is 246 Å². The summed E-state index contributed by atoms with van der Waals surface area (Å²) in [5.74, 6) is -1.51. The molecule has 3 aromatic carbocycles. The lowest BCUT2D eigenvalue weighted by Crippen LogP contribution is -2.54. The van der Waals surface area contributed by atoms with Gasteiger partial charge in [0.2, 0.25) is 0 Å². The molecular formula is C26H17Cl2IN2O6S. The molecule has 0 radical (unpaired) electrons. The number of carboxylic acid groups (broad SMARTS) is 1. The van der Waals surface area contributed by atoms with E-state index in [1.807, 2.05) is 0 Å². The van der Waals surface area contributed by atoms with Crippen molar-refractivity contribution in [3.63, 3.8) is 0 Å². The van der Waals surface area contributed by atoms with Crippen molar-refractivity contribution in [3.05, 3.63) is 90.5 Å². The topological polar surface area (TPSA) is 105 Å². The van der Waals surface area contributed by atoms with Crippen LogP contribution in [-0.4, -0.2) is 35.1 Å². The normalized spacial score (nSPS) is 14.5. The number of hydrogen-bond donors (Lipinski definition) is 2. The second-order valence-corrected chi connectivity index (χ2v) is 10.2. The summed E-state index contributed by atoms with van der Waals surface area (Å²) in [5.41, 5.74) is 1.52. The first-order valence-electron chi connectivity index (χ1n) is 10.8. The average Bonchev–Trinajstić information content (AvgIpc) is 2.88. The van der Waals surface area contributed by atoms with Crippen LogP contribution in [0.4, 0.5) is 5.69 Å². The van der Waals surface area contributed by atoms with Gasteiger partial charge in [0.25, 0.3) is 11.8 Å². The third kappa shape index (κ3) is 5.78. The Hall–Kier alpha value is -3.19. The van der Waals surface area contributed by atoms with Gasteiger partial charge in [-0.3, -0.25) is 19.8 Å². The van der Waals surface area contributed by atoms with Gasteiger partial charge in [0.15, 0.2) is 16.6 Å². The number of carboxylic acids is 1. The number of nitrogens with zero attached hydrogens (tertiary/aromatic N) is 1. The first-order chi connectivity index (χ1) is 18.1. The molecule has 2 amide bonds. The van der Waals surface area contributed by atoms with Gasteiger partial charge in [-0.2, -0.15) is 0 Å². The molecule has 0 aliphatic carbocycles. The summed E-state index contributed by atoms with van der Waals surface area (Å²) in [6, 6.07) is 14.4. The van der Waals surface area contributed by atoms with Gasteiger partial charge in [-0.25, -0.2) is 4.79 Å². The maximum atomic E-state index is 13.4. The van der Waals surface area contributed by atoms with Gasteiger partial charge in [0.1, 0.15) is 12.2 Å². The minimum atomic E-state index is -1.01. The molecule has 1 fully saturated rings. The van der Waals surface area contributed by atoms with Gasteiger partial charge in [-0.1, -0.05) is 41.4 Å². The molecule has 0 unspecified atom stereocenters. The lowest BCUT2D eigenvalue weighted by Gasteiger charge is -2.29. The summed E-state index contributed by atoms with van der Waals surface area (Å²) in [6.45, 7) is 0.167. The first-order valence-corrected chi connectivity index (χ1v) is 13.0.